The number of fused-ring (bicyclic) bond motifs is 2. The third-order valence-electron chi connectivity index (χ3n) is 6.13. The van der Waals surface area contributed by atoms with Crippen molar-refractivity contribution in [2.45, 2.75) is 31.7 Å². The van der Waals surface area contributed by atoms with Crippen LogP contribution in [0.3, 0.4) is 0 Å². The summed E-state index contributed by atoms with van der Waals surface area (Å²) < 4.78 is 0. The van der Waals surface area contributed by atoms with Gasteiger partial charge in [0.25, 0.3) is 5.91 Å². The van der Waals surface area contributed by atoms with E-state index in [1.807, 2.05) is 4.90 Å². The van der Waals surface area contributed by atoms with Gasteiger partial charge in [0.2, 0.25) is 5.91 Å². The van der Waals surface area contributed by atoms with Gasteiger partial charge in [-0.05, 0) is 43.2 Å². The highest BCUT2D eigenvalue weighted by atomic mass is 16.2. The number of piperazine rings is 1. The summed E-state index contributed by atoms with van der Waals surface area (Å²) in [6, 6.07) is 5.92. The lowest BCUT2D eigenvalue weighted by atomic mass is 9.93. The minimum Gasteiger partial charge on any atom is -0.342 e. The molecule has 1 N–H and O–H groups in total. The minimum absolute atomic E-state index is 0.00289. The molecule has 134 valence electrons. The van der Waals surface area contributed by atoms with Gasteiger partial charge in [-0.1, -0.05) is 12.5 Å². The Labute approximate surface area is 148 Å². The zero-order valence-electron chi connectivity index (χ0n) is 14.6. The molecule has 3 fully saturated rings. The SMILES string of the molecule is O=C(NCC(=O)N1CCN([C@@H]2C[C@H]3CC[C@@H]2C3)CC1)c1ccccn1. The second-order valence-electron chi connectivity index (χ2n) is 7.56. The first kappa shape index (κ1) is 16.5. The van der Waals surface area contributed by atoms with Gasteiger partial charge in [-0.2, -0.15) is 0 Å². The Balaban J connectivity index is 1.22. The van der Waals surface area contributed by atoms with E-state index in [-0.39, 0.29) is 18.4 Å². The molecule has 1 aliphatic heterocycles. The van der Waals surface area contributed by atoms with Crippen LogP contribution in [0, 0.1) is 11.8 Å². The molecule has 1 saturated heterocycles. The van der Waals surface area contributed by atoms with Crippen LogP contribution in [0.5, 0.6) is 0 Å². The first-order chi connectivity index (χ1) is 12.2. The third kappa shape index (κ3) is 3.54. The van der Waals surface area contributed by atoms with Crippen LogP contribution in [0.25, 0.3) is 0 Å². The summed E-state index contributed by atoms with van der Waals surface area (Å²) in [5, 5.41) is 2.68. The van der Waals surface area contributed by atoms with E-state index in [1.54, 1.807) is 24.4 Å². The van der Waals surface area contributed by atoms with E-state index < -0.39 is 0 Å². The molecular formula is C19H26N4O2. The van der Waals surface area contributed by atoms with Gasteiger partial charge in [0, 0.05) is 38.4 Å². The Morgan fingerprint density at radius 3 is 2.60 bits per heavy atom. The molecule has 25 heavy (non-hydrogen) atoms. The van der Waals surface area contributed by atoms with Gasteiger partial charge in [-0.3, -0.25) is 19.5 Å². The summed E-state index contributed by atoms with van der Waals surface area (Å²) in [4.78, 5) is 32.8. The minimum atomic E-state index is -0.297. The van der Waals surface area contributed by atoms with Gasteiger partial charge in [0.05, 0.1) is 6.54 Å². The number of amides is 2. The quantitative estimate of drug-likeness (QED) is 0.891. The van der Waals surface area contributed by atoms with E-state index >= 15 is 0 Å². The van der Waals surface area contributed by atoms with Gasteiger partial charge in [-0.15, -0.1) is 0 Å². The number of hydrogen-bond donors (Lipinski definition) is 1. The van der Waals surface area contributed by atoms with Crippen molar-refractivity contribution >= 4 is 11.8 Å². The average Bonchev–Trinajstić information content (AvgIpc) is 3.30. The fourth-order valence-corrected chi connectivity index (χ4v) is 4.82. The molecule has 0 spiro atoms. The fourth-order valence-electron chi connectivity index (χ4n) is 4.82. The number of hydrogen-bond acceptors (Lipinski definition) is 4. The van der Waals surface area contributed by atoms with Gasteiger partial charge in [0.1, 0.15) is 5.69 Å². The number of nitrogens with one attached hydrogen (secondary N) is 1. The van der Waals surface area contributed by atoms with Crippen molar-refractivity contribution in [2.75, 3.05) is 32.7 Å². The number of aromatic nitrogens is 1. The maximum atomic E-state index is 12.4. The molecule has 2 bridgehead atoms. The summed E-state index contributed by atoms with van der Waals surface area (Å²) in [5.74, 6) is 1.55. The lowest BCUT2D eigenvalue weighted by Gasteiger charge is -2.41. The van der Waals surface area contributed by atoms with Crippen molar-refractivity contribution < 1.29 is 9.59 Å². The number of carbonyl (C=O) groups is 2. The second-order valence-corrected chi connectivity index (χ2v) is 7.56. The fraction of sp³-hybridized carbons (Fsp3) is 0.632. The van der Waals surface area contributed by atoms with E-state index in [4.69, 9.17) is 0 Å². The van der Waals surface area contributed by atoms with E-state index in [1.165, 1.54) is 25.7 Å². The van der Waals surface area contributed by atoms with Crippen LogP contribution < -0.4 is 5.32 Å². The highest BCUT2D eigenvalue weighted by molar-refractivity contribution is 5.94. The largest absolute Gasteiger partial charge is 0.342 e. The lowest BCUT2D eigenvalue weighted by molar-refractivity contribution is -0.132. The van der Waals surface area contributed by atoms with E-state index in [9.17, 15) is 9.59 Å². The first-order valence-electron chi connectivity index (χ1n) is 9.42. The molecule has 3 atom stereocenters. The van der Waals surface area contributed by atoms with Crippen molar-refractivity contribution in [1.82, 2.24) is 20.1 Å². The van der Waals surface area contributed by atoms with E-state index in [0.717, 1.165) is 44.1 Å². The number of carbonyl (C=O) groups excluding carboxylic acids is 2. The van der Waals surface area contributed by atoms with Gasteiger partial charge in [-0.25, -0.2) is 0 Å². The molecule has 0 unspecified atom stereocenters. The van der Waals surface area contributed by atoms with Crippen molar-refractivity contribution in [1.29, 1.82) is 0 Å². The van der Waals surface area contributed by atoms with Gasteiger partial charge >= 0.3 is 0 Å². The van der Waals surface area contributed by atoms with Gasteiger partial charge < -0.3 is 10.2 Å². The Bertz CT molecular complexity index is 628. The Morgan fingerprint density at radius 1 is 1.12 bits per heavy atom. The number of nitrogens with zero attached hydrogens (tertiary/aromatic N) is 3. The molecule has 2 amide bonds. The molecule has 0 aromatic carbocycles. The summed E-state index contributed by atoms with van der Waals surface area (Å²) in [6.07, 6.45) is 7.18. The first-order valence-corrected chi connectivity index (χ1v) is 9.42. The zero-order chi connectivity index (χ0) is 17.2. The Hall–Kier alpha value is -1.95. The molecular weight excluding hydrogens is 316 g/mol. The molecule has 6 heteroatoms. The van der Waals surface area contributed by atoms with Crippen LogP contribution in [-0.4, -0.2) is 65.4 Å². The maximum absolute atomic E-state index is 12.4. The Kier molecular flexibility index (Phi) is 4.70. The predicted molar refractivity (Wildman–Crippen MR) is 94.0 cm³/mol. The van der Waals surface area contributed by atoms with Crippen molar-refractivity contribution in [3.63, 3.8) is 0 Å². The van der Waals surface area contributed by atoms with E-state index in [2.05, 4.69) is 15.2 Å². The predicted octanol–water partition coefficient (Wildman–Crippen LogP) is 1.14. The molecule has 4 rings (SSSR count). The molecule has 3 aliphatic rings. The number of rotatable bonds is 4. The molecule has 1 aromatic heterocycles. The summed E-state index contributed by atoms with van der Waals surface area (Å²) in [5.41, 5.74) is 0.344. The summed E-state index contributed by atoms with van der Waals surface area (Å²) >= 11 is 0. The maximum Gasteiger partial charge on any atom is 0.270 e. The summed E-state index contributed by atoms with van der Waals surface area (Å²) in [7, 11) is 0. The molecule has 2 heterocycles. The highest BCUT2D eigenvalue weighted by Crippen LogP contribution is 2.46. The standard InChI is InChI=1S/C19H26N4O2/c24-18(13-21-19(25)16-3-1-2-6-20-16)23-9-7-22(8-10-23)17-12-14-4-5-15(17)11-14/h1-3,6,14-15,17H,4-5,7-13H2,(H,21,25)/t14-,15+,17+/m0/s1. The molecule has 6 nitrogen and oxygen atoms in total. The van der Waals surface area contributed by atoms with Crippen molar-refractivity contribution in [3.05, 3.63) is 30.1 Å². The normalized spacial score (nSPS) is 29.0. The van der Waals surface area contributed by atoms with Crippen LogP contribution in [0.1, 0.15) is 36.2 Å². The second kappa shape index (κ2) is 7.12. The topological polar surface area (TPSA) is 65.5 Å². The molecule has 2 saturated carbocycles. The van der Waals surface area contributed by atoms with Crippen LogP contribution in [-0.2, 0) is 4.79 Å². The third-order valence-corrected chi connectivity index (χ3v) is 6.13. The zero-order valence-corrected chi connectivity index (χ0v) is 14.6. The van der Waals surface area contributed by atoms with Crippen LogP contribution >= 0.6 is 0 Å². The van der Waals surface area contributed by atoms with Crippen molar-refractivity contribution in [2.24, 2.45) is 11.8 Å². The van der Waals surface area contributed by atoms with E-state index in [0.29, 0.717) is 5.69 Å². The van der Waals surface area contributed by atoms with Crippen LogP contribution in [0.2, 0.25) is 0 Å². The van der Waals surface area contributed by atoms with Gasteiger partial charge in [0.15, 0.2) is 0 Å². The lowest BCUT2D eigenvalue weighted by Crippen LogP contribution is -2.54. The molecule has 0 radical (unpaired) electrons. The Morgan fingerprint density at radius 2 is 1.96 bits per heavy atom. The monoisotopic (exact) mass is 342 g/mol. The molecule has 1 aromatic rings. The average molecular weight is 342 g/mol. The van der Waals surface area contributed by atoms with Crippen LogP contribution in [0.4, 0.5) is 0 Å². The highest BCUT2D eigenvalue weighted by Gasteiger charge is 2.42. The summed E-state index contributed by atoms with van der Waals surface area (Å²) in [6.45, 7) is 3.52. The smallest absolute Gasteiger partial charge is 0.270 e. The van der Waals surface area contributed by atoms with Crippen LogP contribution in [0.15, 0.2) is 24.4 Å². The molecule has 2 aliphatic carbocycles. The number of pyridine rings is 1. The van der Waals surface area contributed by atoms with Crippen molar-refractivity contribution in [3.8, 4) is 0 Å².